The Bertz CT molecular complexity index is 513. The smallest absolute Gasteiger partial charge is 0.322 e. The van der Waals surface area contributed by atoms with E-state index in [9.17, 15) is 24.8 Å². The molecule has 0 spiro atoms. The Morgan fingerprint density at radius 3 is 2.33 bits per heavy atom. The number of carbonyl (C=O) groups is 2. The SMILES string of the molecule is O=C1NC(=O)C(C(O)c2ccc([N+](=O)[O-])cc2)N1. The van der Waals surface area contributed by atoms with Crippen molar-refractivity contribution in [1.29, 1.82) is 0 Å². The van der Waals surface area contributed by atoms with Crippen LogP contribution in [0, 0.1) is 10.1 Å². The van der Waals surface area contributed by atoms with E-state index >= 15 is 0 Å². The van der Waals surface area contributed by atoms with E-state index < -0.39 is 29.0 Å². The van der Waals surface area contributed by atoms with Crippen molar-refractivity contribution in [3.05, 3.63) is 39.9 Å². The molecule has 0 aromatic heterocycles. The molecule has 94 valence electrons. The summed E-state index contributed by atoms with van der Waals surface area (Å²) in [6.07, 6.45) is -1.25. The lowest BCUT2D eigenvalue weighted by molar-refractivity contribution is -0.384. The highest BCUT2D eigenvalue weighted by molar-refractivity contribution is 6.04. The van der Waals surface area contributed by atoms with Gasteiger partial charge in [0, 0.05) is 12.1 Å². The Labute approximate surface area is 101 Å². The van der Waals surface area contributed by atoms with Gasteiger partial charge in [-0.3, -0.25) is 20.2 Å². The maximum Gasteiger partial charge on any atom is 0.322 e. The average molecular weight is 251 g/mol. The van der Waals surface area contributed by atoms with Gasteiger partial charge >= 0.3 is 6.03 Å². The summed E-state index contributed by atoms with van der Waals surface area (Å²) in [4.78, 5) is 32.1. The minimum atomic E-state index is -1.25. The van der Waals surface area contributed by atoms with Crippen molar-refractivity contribution in [3.63, 3.8) is 0 Å². The molecule has 1 aliphatic heterocycles. The van der Waals surface area contributed by atoms with E-state index in [4.69, 9.17) is 0 Å². The predicted octanol–water partition coefficient (Wildman–Crippen LogP) is -0.164. The summed E-state index contributed by atoms with van der Waals surface area (Å²) in [6.45, 7) is 0. The summed E-state index contributed by atoms with van der Waals surface area (Å²) in [7, 11) is 0. The molecule has 8 heteroatoms. The normalized spacial score (nSPS) is 20.2. The van der Waals surface area contributed by atoms with Gasteiger partial charge in [-0.25, -0.2) is 4.79 Å². The van der Waals surface area contributed by atoms with E-state index in [1.165, 1.54) is 24.3 Å². The number of urea groups is 1. The second kappa shape index (κ2) is 4.41. The lowest BCUT2D eigenvalue weighted by atomic mass is 10.0. The van der Waals surface area contributed by atoms with Gasteiger partial charge in [0.05, 0.1) is 4.92 Å². The van der Waals surface area contributed by atoms with Crippen LogP contribution in [0.25, 0.3) is 0 Å². The number of carbonyl (C=O) groups excluding carboxylic acids is 2. The van der Waals surface area contributed by atoms with Crippen molar-refractivity contribution in [2.45, 2.75) is 12.1 Å². The molecule has 3 N–H and O–H groups in total. The van der Waals surface area contributed by atoms with Crippen LogP contribution in [-0.4, -0.2) is 28.0 Å². The van der Waals surface area contributed by atoms with Crippen LogP contribution in [0.4, 0.5) is 10.5 Å². The summed E-state index contributed by atoms with van der Waals surface area (Å²) >= 11 is 0. The van der Waals surface area contributed by atoms with Gasteiger partial charge in [0.15, 0.2) is 0 Å². The zero-order valence-electron chi connectivity index (χ0n) is 8.99. The molecular weight excluding hydrogens is 242 g/mol. The molecule has 2 rings (SSSR count). The molecule has 1 heterocycles. The van der Waals surface area contributed by atoms with Gasteiger partial charge < -0.3 is 10.4 Å². The Hall–Kier alpha value is -2.48. The van der Waals surface area contributed by atoms with Crippen molar-refractivity contribution in [2.75, 3.05) is 0 Å². The van der Waals surface area contributed by atoms with E-state index in [0.29, 0.717) is 5.56 Å². The number of hydrogen-bond acceptors (Lipinski definition) is 5. The van der Waals surface area contributed by atoms with Crippen LogP contribution in [0.1, 0.15) is 11.7 Å². The number of aliphatic hydroxyl groups excluding tert-OH is 1. The van der Waals surface area contributed by atoms with Crippen LogP contribution < -0.4 is 10.6 Å². The molecule has 8 nitrogen and oxygen atoms in total. The molecule has 1 aromatic carbocycles. The van der Waals surface area contributed by atoms with Gasteiger partial charge in [-0.1, -0.05) is 0 Å². The number of non-ortho nitro benzene ring substituents is 1. The minimum absolute atomic E-state index is 0.120. The highest BCUT2D eigenvalue weighted by Gasteiger charge is 2.36. The molecule has 0 radical (unpaired) electrons. The van der Waals surface area contributed by atoms with Gasteiger partial charge in [0.2, 0.25) is 0 Å². The predicted molar refractivity (Wildman–Crippen MR) is 58.5 cm³/mol. The Kier molecular flexibility index (Phi) is 2.94. The van der Waals surface area contributed by atoms with Crippen molar-refractivity contribution in [1.82, 2.24) is 10.6 Å². The van der Waals surface area contributed by atoms with Crippen LogP contribution in [-0.2, 0) is 4.79 Å². The maximum absolute atomic E-state index is 11.3. The zero-order valence-corrected chi connectivity index (χ0v) is 8.99. The van der Waals surface area contributed by atoms with Gasteiger partial charge in [0.25, 0.3) is 11.6 Å². The third kappa shape index (κ3) is 2.13. The number of hydrogen-bond donors (Lipinski definition) is 3. The van der Waals surface area contributed by atoms with Crippen molar-refractivity contribution < 1.29 is 19.6 Å². The first kappa shape index (κ1) is 12.0. The number of nitro groups is 1. The molecule has 1 fully saturated rings. The first-order valence-corrected chi connectivity index (χ1v) is 5.03. The summed E-state index contributed by atoms with van der Waals surface area (Å²) in [6, 6.07) is 3.34. The van der Waals surface area contributed by atoms with Crippen molar-refractivity contribution in [3.8, 4) is 0 Å². The molecule has 0 saturated carbocycles. The monoisotopic (exact) mass is 251 g/mol. The standard InChI is InChI=1S/C10H9N3O5/c14-8(7-9(15)12-10(16)11-7)5-1-3-6(4-2-5)13(17)18/h1-4,7-8,14H,(H2,11,12,15,16). The third-order valence-electron chi connectivity index (χ3n) is 2.57. The topological polar surface area (TPSA) is 122 Å². The number of nitro benzene ring substituents is 1. The quantitative estimate of drug-likeness (QED) is 0.391. The second-order valence-electron chi connectivity index (χ2n) is 3.73. The van der Waals surface area contributed by atoms with Crippen LogP contribution in [0.2, 0.25) is 0 Å². The van der Waals surface area contributed by atoms with Crippen LogP contribution in [0.3, 0.4) is 0 Å². The van der Waals surface area contributed by atoms with Crippen molar-refractivity contribution >= 4 is 17.6 Å². The second-order valence-corrected chi connectivity index (χ2v) is 3.73. The summed E-state index contributed by atoms with van der Waals surface area (Å²) < 4.78 is 0. The summed E-state index contributed by atoms with van der Waals surface area (Å²) in [5, 5.41) is 24.6. The zero-order chi connectivity index (χ0) is 13.3. The molecule has 18 heavy (non-hydrogen) atoms. The first-order valence-electron chi connectivity index (χ1n) is 5.03. The molecule has 0 bridgehead atoms. The number of benzene rings is 1. The number of nitrogens with one attached hydrogen (secondary N) is 2. The molecule has 3 amide bonds. The average Bonchev–Trinajstić information content (AvgIpc) is 2.67. The molecule has 1 aromatic rings. The lowest BCUT2D eigenvalue weighted by Crippen LogP contribution is -2.35. The van der Waals surface area contributed by atoms with E-state index in [-0.39, 0.29) is 5.69 Å². The highest BCUT2D eigenvalue weighted by Crippen LogP contribution is 2.21. The van der Waals surface area contributed by atoms with Crippen LogP contribution in [0.15, 0.2) is 24.3 Å². The largest absolute Gasteiger partial charge is 0.386 e. The fourth-order valence-corrected chi connectivity index (χ4v) is 1.64. The summed E-state index contributed by atoms with van der Waals surface area (Å²) in [5.74, 6) is -0.633. The fraction of sp³-hybridized carbons (Fsp3) is 0.200. The van der Waals surface area contributed by atoms with E-state index in [1.54, 1.807) is 0 Å². The van der Waals surface area contributed by atoms with Gasteiger partial charge in [-0.15, -0.1) is 0 Å². The van der Waals surface area contributed by atoms with E-state index in [0.717, 1.165) is 0 Å². The molecular formula is C10H9N3O5. The third-order valence-corrected chi connectivity index (χ3v) is 2.57. The number of aliphatic hydroxyl groups is 1. The van der Waals surface area contributed by atoms with Crippen molar-refractivity contribution in [2.24, 2.45) is 0 Å². The maximum atomic E-state index is 11.3. The van der Waals surface area contributed by atoms with Gasteiger partial charge in [-0.2, -0.15) is 0 Å². The molecule has 2 unspecified atom stereocenters. The molecule has 0 aliphatic carbocycles. The number of nitrogens with zero attached hydrogens (tertiary/aromatic N) is 1. The minimum Gasteiger partial charge on any atom is -0.386 e. The molecule has 1 aliphatic rings. The Balaban J connectivity index is 2.18. The van der Waals surface area contributed by atoms with Crippen LogP contribution >= 0.6 is 0 Å². The Morgan fingerprint density at radius 1 is 1.28 bits per heavy atom. The molecule has 2 atom stereocenters. The summed E-state index contributed by atoms with van der Waals surface area (Å²) in [5.41, 5.74) is 0.189. The number of imide groups is 1. The van der Waals surface area contributed by atoms with E-state index in [2.05, 4.69) is 5.32 Å². The fourth-order valence-electron chi connectivity index (χ4n) is 1.64. The van der Waals surface area contributed by atoms with Crippen LogP contribution in [0.5, 0.6) is 0 Å². The van der Waals surface area contributed by atoms with Gasteiger partial charge in [-0.05, 0) is 17.7 Å². The molecule has 1 saturated heterocycles. The number of amides is 3. The highest BCUT2D eigenvalue weighted by atomic mass is 16.6. The lowest BCUT2D eigenvalue weighted by Gasteiger charge is -2.15. The van der Waals surface area contributed by atoms with E-state index in [1.807, 2.05) is 5.32 Å². The number of rotatable bonds is 3. The first-order chi connectivity index (χ1) is 8.49. The Morgan fingerprint density at radius 2 is 1.89 bits per heavy atom. The van der Waals surface area contributed by atoms with Gasteiger partial charge in [0.1, 0.15) is 12.1 Å².